The van der Waals surface area contributed by atoms with Crippen LogP contribution in [0, 0.1) is 6.92 Å². The molecule has 108 valence electrons. The third-order valence-electron chi connectivity index (χ3n) is 4.51. The smallest absolute Gasteiger partial charge is 0.193 e. The van der Waals surface area contributed by atoms with Gasteiger partial charge in [-0.2, -0.15) is 0 Å². The highest BCUT2D eigenvalue weighted by Crippen LogP contribution is 2.38. The number of benzene rings is 2. The van der Waals surface area contributed by atoms with Crippen LogP contribution in [0.1, 0.15) is 52.2 Å². The predicted molar refractivity (Wildman–Crippen MR) is 87.2 cm³/mol. The van der Waals surface area contributed by atoms with Gasteiger partial charge in [0, 0.05) is 23.9 Å². The van der Waals surface area contributed by atoms with Crippen molar-refractivity contribution in [3.8, 4) is 0 Å². The highest BCUT2D eigenvalue weighted by atomic mass is 16.1. The van der Waals surface area contributed by atoms with Gasteiger partial charge in [0.15, 0.2) is 5.78 Å². The highest BCUT2D eigenvalue weighted by molar-refractivity contribution is 6.11. The first-order valence-corrected chi connectivity index (χ1v) is 7.62. The molecule has 0 atom stereocenters. The second kappa shape index (κ2) is 5.72. The lowest BCUT2D eigenvalue weighted by Crippen LogP contribution is -2.15. The fourth-order valence-corrected chi connectivity index (χ4v) is 3.00. The third kappa shape index (κ3) is 2.58. The van der Waals surface area contributed by atoms with Gasteiger partial charge in [-0.1, -0.05) is 30.7 Å². The first-order valence-electron chi connectivity index (χ1n) is 7.62. The number of nitrogens with one attached hydrogen (secondary N) is 1. The van der Waals surface area contributed by atoms with Crippen LogP contribution < -0.4 is 5.32 Å². The van der Waals surface area contributed by atoms with Gasteiger partial charge in [0.25, 0.3) is 0 Å². The third-order valence-corrected chi connectivity index (χ3v) is 4.51. The molecule has 2 nitrogen and oxygen atoms in total. The van der Waals surface area contributed by atoms with Crippen LogP contribution in [0.2, 0.25) is 0 Å². The average Bonchev–Trinajstić information content (AvgIpc) is 2.45. The number of hydrogen-bond donors (Lipinski definition) is 1. The maximum Gasteiger partial charge on any atom is 0.193 e. The fourth-order valence-electron chi connectivity index (χ4n) is 3.00. The Bertz CT molecular complexity index is 671. The molecule has 0 radical (unpaired) electrons. The molecular formula is C19H21NO. The van der Waals surface area contributed by atoms with E-state index < -0.39 is 0 Å². The van der Waals surface area contributed by atoms with Gasteiger partial charge in [-0.25, -0.2) is 0 Å². The molecule has 0 saturated heterocycles. The number of anilines is 1. The molecular weight excluding hydrogens is 258 g/mol. The molecule has 1 aliphatic rings. The van der Waals surface area contributed by atoms with E-state index in [1.54, 1.807) is 0 Å². The van der Waals surface area contributed by atoms with Gasteiger partial charge in [-0.15, -0.1) is 0 Å². The molecule has 0 aromatic heterocycles. The minimum Gasteiger partial charge on any atom is -0.388 e. The van der Waals surface area contributed by atoms with Gasteiger partial charge in [0.2, 0.25) is 0 Å². The Labute approximate surface area is 126 Å². The predicted octanol–water partition coefficient (Wildman–Crippen LogP) is 4.54. The maximum atomic E-state index is 12.9. The van der Waals surface area contributed by atoms with Gasteiger partial charge >= 0.3 is 0 Å². The molecule has 1 N–H and O–H groups in total. The van der Waals surface area contributed by atoms with E-state index in [9.17, 15) is 4.79 Å². The van der Waals surface area contributed by atoms with Crippen molar-refractivity contribution in [1.82, 2.24) is 0 Å². The fraction of sp³-hybridized carbons (Fsp3) is 0.316. The van der Waals surface area contributed by atoms with Crippen LogP contribution in [0.3, 0.4) is 0 Å². The van der Waals surface area contributed by atoms with Crippen molar-refractivity contribution in [3.63, 3.8) is 0 Å². The van der Waals surface area contributed by atoms with Crippen molar-refractivity contribution in [3.05, 3.63) is 64.7 Å². The molecule has 0 heterocycles. The molecule has 2 heteroatoms. The maximum absolute atomic E-state index is 12.9. The molecule has 21 heavy (non-hydrogen) atoms. The quantitative estimate of drug-likeness (QED) is 0.833. The summed E-state index contributed by atoms with van der Waals surface area (Å²) >= 11 is 0. The zero-order chi connectivity index (χ0) is 14.8. The molecule has 2 aromatic carbocycles. The van der Waals surface area contributed by atoms with Gasteiger partial charge in [-0.3, -0.25) is 4.79 Å². The minimum absolute atomic E-state index is 0.151. The lowest BCUT2D eigenvalue weighted by atomic mass is 9.77. The topological polar surface area (TPSA) is 29.1 Å². The first kappa shape index (κ1) is 13.9. The summed E-state index contributed by atoms with van der Waals surface area (Å²) < 4.78 is 0. The van der Waals surface area contributed by atoms with Crippen molar-refractivity contribution in [2.75, 3.05) is 12.4 Å². The Morgan fingerprint density at radius 3 is 2.48 bits per heavy atom. The summed E-state index contributed by atoms with van der Waals surface area (Å²) in [6.07, 6.45) is 3.70. The Balaban J connectivity index is 1.99. The monoisotopic (exact) mass is 279 g/mol. The normalized spacial score (nSPS) is 14.6. The van der Waals surface area contributed by atoms with Crippen LogP contribution >= 0.6 is 0 Å². The van der Waals surface area contributed by atoms with Crippen molar-refractivity contribution >= 4 is 11.5 Å². The van der Waals surface area contributed by atoms with E-state index in [1.165, 1.54) is 24.8 Å². The number of carbonyl (C=O) groups is 1. The Morgan fingerprint density at radius 2 is 1.86 bits per heavy atom. The van der Waals surface area contributed by atoms with Crippen LogP contribution in [0.25, 0.3) is 0 Å². The summed E-state index contributed by atoms with van der Waals surface area (Å²) in [4.78, 5) is 12.9. The van der Waals surface area contributed by atoms with Crippen molar-refractivity contribution in [2.45, 2.75) is 32.1 Å². The molecule has 0 bridgehead atoms. The molecule has 2 aromatic rings. The number of rotatable bonds is 4. The lowest BCUT2D eigenvalue weighted by Gasteiger charge is -2.27. The standard InChI is InChI=1S/C19H21NO/c1-13-12-15(20-2)10-11-16(13)19(21)18-9-4-3-8-17(18)14-6-5-7-14/h3-4,8-12,14,20H,5-7H2,1-2H3. The summed E-state index contributed by atoms with van der Waals surface area (Å²) in [6.45, 7) is 2.00. The van der Waals surface area contributed by atoms with Gasteiger partial charge in [-0.05, 0) is 55.0 Å². The van der Waals surface area contributed by atoms with E-state index in [1.807, 2.05) is 50.4 Å². The van der Waals surface area contributed by atoms with Crippen LogP contribution in [0.4, 0.5) is 5.69 Å². The van der Waals surface area contributed by atoms with Crippen LogP contribution in [0.5, 0.6) is 0 Å². The van der Waals surface area contributed by atoms with E-state index in [-0.39, 0.29) is 5.78 Å². The zero-order valence-corrected chi connectivity index (χ0v) is 12.6. The molecule has 1 saturated carbocycles. The van der Waals surface area contributed by atoms with Gasteiger partial charge in [0.05, 0.1) is 0 Å². The van der Waals surface area contributed by atoms with Crippen LogP contribution in [-0.4, -0.2) is 12.8 Å². The van der Waals surface area contributed by atoms with Crippen molar-refractivity contribution in [1.29, 1.82) is 0 Å². The molecule has 0 aliphatic heterocycles. The van der Waals surface area contributed by atoms with Gasteiger partial charge < -0.3 is 5.32 Å². The number of hydrogen-bond acceptors (Lipinski definition) is 2. The lowest BCUT2D eigenvalue weighted by molar-refractivity contribution is 0.103. The Morgan fingerprint density at radius 1 is 1.10 bits per heavy atom. The molecule has 3 rings (SSSR count). The van der Waals surface area contributed by atoms with E-state index in [2.05, 4.69) is 11.4 Å². The summed E-state index contributed by atoms with van der Waals surface area (Å²) in [5.74, 6) is 0.722. The van der Waals surface area contributed by atoms with E-state index in [4.69, 9.17) is 0 Å². The van der Waals surface area contributed by atoms with E-state index in [0.29, 0.717) is 5.92 Å². The zero-order valence-electron chi connectivity index (χ0n) is 12.6. The molecule has 1 fully saturated rings. The summed E-state index contributed by atoms with van der Waals surface area (Å²) in [6, 6.07) is 14.0. The number of ketones is 1. The number of aryl methyl sites for hydroxylation is 1. The van der Waals surface area contributed by atoms with Crippen LogP contribution in [0.15, 0.2) is 42.5 Å². The molecule has 0 unspecified atom stereocenters. The van der Waals surface area contributed by atoms with Crippen molar-refractivity contribution < 1.29 is 4.79 Å². The first-order chi connectivity index (χ1) is 10.2. The molecule has 1 aliphatic carbocycles. The second-order valence-corrected chi connectivity index (χ2v) is 5.82. The highest BCUT2D eigenvalue weighted by Gasteiger charge is 2.25. The number of carbonyl (C=O) groups excluding carboxylic acids is 1. The van der Waals surface area contributed by atoms with Gasteiger partial charge in [0.1, 0.15) is 0 Å². The Kier molecular flexibility index (Phi) is 3.78. The SMILES string of the molecule is CNc1ccc(C(=O)c2ccccc2C2CCC2)c(C)c1. The van der Waals surface area contributed by atoms with E-state index in [0.717, 1.165) is 22.4 Å². The van der Waals surface area contributed by atoms with Crippen molar-refractivity contribution in [2.24, 2.45) is 0 Å². The van der Waals surface area contributed by atoms with E-state index >= 15 is 0 Å². The Hall–Kier alpha value is -2.09. The second-order valence-electron chi connectivity index (χ2n) is 5.82. The molecule has 0 amide bonds. The summed E-state index contributed by atoms with van der Waals surface area (Å²) in [5.41, 5.74) is 4.97. The average molecular weight is 279 g/mol. The summed E-state index contributed by atoms with van der Waals surface area (Å²) in [7, 11) is 1.89. The minimum atomic E-state index is 0.151. The largest absolute Gasteiger partial charge is 0.388 e. The summed E-state index contributed by atoms with van der Waals surface area (Å²) in [5, 5.41) is 3.11. The van der Waals surface area contributed by atoms with Crippen LogP contribution in [-0.2, 0) is 0 Å². The molecule has 0 spiro atoms.